The van der Waals surface area contributed by atoms with E-state index >= 15 is 0 Å². The number of carbonyl (C=O) groups is 2. The molecule has 1 aromatic rings. The Morgan fingerprint density at radius 2 is 2.04 bits per heavy atom. The number of aromatic nitrogens is 1. The van der Waals surface area contributed by atoms with Crippen LogP contribution in [-0.2, 0) is 9.59 Å². The van der Waals surface area contributed by atoms with E-state index in [2.05, 4.69) is 17.2 Å². The number of hydrogen-bond acceptors (Lipinski definition) is 4. The highest BCUT2D eigenvalue weighted by Crippen LogP contribution is 2.37. The molecule has 0 aromatic carbocycles. The van der Waals surface area contributed by atoms with Gasteiger partial charge >= 0.3 is 11.8 Å². The third-order valence-corrected chi connectivity index (χ3v) is 5.39. The molecule has 24 heavy (non-hydrogen) atoms. The zero-order chi connectivity index (χ0) is 17.3. The van der Waals surface area contributed by atoms with E-state index in [1.807, 2.05) is 11.8 Å². The highest BCUT2D eigenvalue weighted by Gasteiger charge is 2.39. The quantitative estimate of drug-likeness (QED) is 0.815. The summed E-state index contributed by atoms with van der Waals surface area (Å²) in [5.41, 5.74) is 6.97. The molecular weight excluding hydrogens is 304 g/mol. The Morgan fingerprint density at radius 3 is 2.67 bits per heavy atom. The van der Waals surface area contributed by atoms with Crippen molar-refractivity contribution in [1.29, 1.82) is 0 Å². The molecule has 0 radical (unpaired) electrons. The molecule has 0 spiro atoms. The summed E-state index contributed by atoms with van der Waals surface area (Å²) in [5.74, 6) is 0.426. The number of nitrogen functional groups attached to an aromatic ring is 1. The molecule has 6 nitrogen and oxygen atoms in total. The molecule has 1 aromatic heterocycles. The number of amides is 2. The summed E-state index contributed by atoms with van der Waals surface area (Å²) in [5, 5.41) is 2.67. The predicted octanol–water partition coefficient (Wildman–Crippen LogP) is 2.34. The van der Waals surface area contributed by atoms with Gasteiger partial charge in [-0.15, -0.1) is 0 Å². The lowest BCUT2D eigenvalue weighted by Gasteiger charge is -2.45. The lowest BCUT2D eigenvalue weighted by molar-refractivity contribution is -0.148. The number of anilines is 2. The molecule has 6 heteroatoms. The van der Waals surface area contributed by atoms with Gasteiger partial charge in [0.2, 0.25) is 0 Å². The molecule has 0 unspecified atom stereocenters. The van der Waals surface area contributed by atoms with E-state index in [1.165, 1.54) is 25.5 Å². The van der Waals surface area contributed by atoms with Gasteiger partial charge in [0, 0.05) is 12.6 Å². The molecule has 1 saturated carbocycles. The van der Waals surface area contributed by atoms with Crippen LogP contribution in [0.5, 0.6) is 0 Å². The average molecular weight is 330 g/mol. The van der Waals surface area contributed by atoms with Gasteiger partial charge in [0.25, 0.3) is 0 Å². The van der Waals surface area contributed by atoms with Crippen LogP contribution >= 0.6 is 0 Å². The van der Waals surface area contributed by atoms with E-state index < -0.39 is 11.8 Å². The van der Waals surface area contributed by atoms with Crippen LogP contribution in [0.15, 0.2) is 12.3 Å². The minimum absolute atomic E-state index is 0.222. The Kier molecular flexibility index (Phi) is 4.73. The Bertz CT molecular complexity index is 642. The second-order valence-electron chi connectivity index (χ2n) is 7.28. The fraction of sp³-hybridized carbons (Fsp3) is 0.611. The Morgan fingerprint density at radius 1 is 1.29 bits per heavy atom. The van der Waals surface area contributed by atoms with Gasteiger partial charge in [-0.3, -0.25) is 9.59 Å². The van der Waals surface area contributed by atoms with E-state index in [-0.39, 0.29) is 6.04 Å². The lowest BCUT2D eigenvalue weighted by Crippen LogP contribution is -2.54. The van der Waals surface area contributed by atoms with Gasteiger partial charge in [-0.05, 0) is 56.1 Å². The highest BCUT2D eigenvalue weighted by atomic mass is 16.2. The van der Waals surface area contributed by atoms with Gasteiger partial charge in [0.1, 0.15) is 5.82 Å². The van der Waals surface area contributed by atoms with Crippen LogP contribution in [0.25, 0.3) is 0 Å². The van der Waals surface area contributed by atoms with Gasteiger partial charge in [-0.1, -0.05) is 13.3 Å². The molecule has 1 aliphatic heterocycles. The summed E-state index contributed by atoms with van der Waals surface area (Å²) in [6, 6.07) is 1.95. The van der Waals surface area contributed by atoms with Gasteiger partial charge in [0.15, 0.2) is 0 Å². The minimum atomic E-state index is -0.584. The first-order valence-electron chi connectivity index (χ1n) is 8.79. The number of aryl methyl sites for hydroxylation is 1. The molecule has 2 amide bonds. The first-order chi connectivity index (χ1) is 11.5. The fourth-order valence-electron chi connectivity index (χ4n) is 3.69. The maximum absolute atomic E-state index is 12.7. The van der Waals surface area contributed by atoms with Crippen molar-refractivity contribution >= 4 is 23.3 Å². The summed E-state index contributed by atoms with van der Waals surface area (Å²) >= 11 is 0. The third-order valence-electron chi connectivity index (χ3n) is 5.39. The number of nitrogens with two attached hydrogens (primary N) is 1. The second-order valence-corrected chi connectivity index (χ2v) is 7.28. The predicted molar refractivity (Wildman–Crippen MR) is 93.3 cm³/mol. The third kappa shape index (κ3) is 3.37. The van der Waals surface area contributed by atoms with Gasteiger partial charge < -0.3 is 16.0 Å². The standard InChI is InChI=1S/C18H26N4O2/c1-11-6-7-15(13-4-3-5-13)22(10-11)18(24)17(23)21-14-8-12(2)16(19)20-9-14/h8-9,11,13,15H,3-7,10H2,1-2H3,(H2,19,20)(H,21,23)/t11-,15-/m1/s1. The van der Waals surface area contributed by atoms with Crippen molar-refractivity contribution in [2.24, 2.45) is 11.8 Å². The first kappa shape index (κ1) is 16.7. The molecule has 2 fully saturated rings. The molecule has 130 valence electrons. The van der Waals surface area contributed by atoms with E-state index in [9.17, 15) is 9.59 Å². The van der Waals surface area contributed by atoms with Crippen molar-refractivity contribution in [3.05, 3.63) is 17.8 Å². The van der Waals surface area contributed by atoms with Crippen molar-refractivity contribution in [3.8, 4) is 0 Å². The lowest BCUT2D eigenvalue weighted by atomic mass is 9.75. The topological polar surface area (TPSA) is 88.3 Å². The first-order valence-corrected chi connectivity index (χ1v) is 8.79. The van der Waals surface area contributed by atoms with Crippen LogP contribution in [0.2, 0.25) is 0 Å². The Labute approximate surface area is 142 Å². The molecule has 3 N–H and O–H groups in total. The van der Waals surface area contributed by atoms with Crippen molar-refractivity contribution in [2.45, 2.75) is 52.0 Å². The zero-order valence-corrected chi connectivity index (χ0v) is 14.4. The maximum Gasteiger partial charge on any atom is 0.313 e. The molecular formula is C18H26N4O2. The number of piperidine rings is 1. The van der Waals surface area contributed by atoms with Crippen LogP contribution in [0.4, 0.5) is 11.5 Å². The monoisotopic (exact) mass is 330 g/mol. The summed E-state index contributed by atoms with van der Waals surface area (Å²) < 4.78 is 0. The van der Waals surface area contributed by atoms with E-state index in [0.717, 1.165) is 18.4 Å². The zero-order valence-electron chi connectivity index (χ0n) is 14.4. The van der Waals surface area contributed by atoms with Crippen LogP contribution in [-0.4, -0.2) is 34.3 Å². The van der Waals surface area contributed by atoms with Gasteiger partial charge in [0.05, 0.1) is 11.9 Å². The van der Waals surface area contributed by atoms with Gasteiger partial charge in [-0.25, -0.2) is 4.98 Å². The van der Waals surface area contributed by atoms with Crippen molar-refractivity contribution in [3.63, 3.8) is 0 Å². The summed E-state index contributed by atoms with van der Waals surface area (Å²) in [6.45, 7) is 4.63. The van der Waals surface area contributed by atoms with Crippen molar-refractivity contribution in [2.75, 3.05) is 17.6 Å². The number of rotatable bonds is 2. The Balaban J connectivity index is 1.70. The highest BCUT2D eigenvalue weighted by molar-refractivity contribution is 6.39. The SMILES string of the molecule is Cc1cc(NC(=O)C(=O)N2C[C@H](C)CC[C@@H]2C2CCC2)cnc1N. The van der Waals surface area contributed by atoms with E-state index in [4.69, 9.17) is 5.73 Å². The number of hydrogen-bond donors (Lipinski definition) is 2. The van der Waals surface area contributed by atoms with E-state index in [0.29, 0.717) is 29.9 Å². The number of carbonyl (C=O) groups excluding carboxylic acids is 2. The summed E-state index contributed by atoms with van der Waals surface area (Å²) in [6.07, 6.45) is 7.20. The van der Waals surface area contributed by atoms with Crippen molar-refractivity contribution < 1.29 is 9.59 Å². The van der Waals surface area contributed by atoms with Gasteiger partial charge in [-0.2, -0.15) is 0 Å². The normalized spacial score (nSPS) is 24.3. The second kappa shape index (κ2) is 6.79. The average Bonchev–Trinajstić information content (AvgIpc) is 2.50. The van der Waals surface area contributed by atoms with Crippen LogP contribution in [0.3, 0.4) is 0 Å². The molecule has 2 aliphatic rings. The Hall–Kier alpha value is -2.11. The van der Waals surface area contributed by atoms with Crippen LogP contribution in [0, 0.1) is 18.8 Å². The number of nitrogens with one attached hydrogen (secondary N) is 1. The smallest absolute Gasteiger partial charge is 0.313 e. The van der Waals surface area contributed by atoms with E-state index in [1.54, 1.807) is 6.07 Å². The minimum Gasteiger partial charge on any atom is -0.383 e. The molecule has 2 atom stereocenters. The number of pyridine rings is 1. The maximum atomic E-state index is 12.7. The van der Waals surface area contributed by atoms with Crippen LogP contribution < -0.4 is 11.1 Å². The number of nitrogens with zero attached hydrogens (tertiary/aromatic N) is 2. The fourth-order valence-corrected chi connectivity index (χ4v) is 3.69. The molecule has 3 rings (SSSR count). The van der Waals surface area contributed by atoms with Crippen molar-refractivity contribution in [1.82, 2.24) is 9.88 Å². The molecule has 1 saturated heterocycles. The molecule has 2 heterocycles. The largest absolute Gasteiger partial charge is 0.383 e. The van der Waals surface area contributed by atoms with Crippen LogP contribution in [0.1, 0.15) is 44.6 Å². The molecule has 1 aliphatic carbocycles. The number of likely N-dealkylation sites (tertiary alicyclic amines) is 1. The molecule has 0 bridgehead atoms. The summed E-state index contributed by atoms with van der Waals surface area (Å²) in [4.78, 5) is 31.0. The summed E-state index contributed by atoms with van der Waals surface area (Å²) in [7, 11) is 0.